The second-order valence-corrected chi connectivity index (χ2v) is 12.7. The zero-order valence-electron chi connectivity index (χ0n) is 26.8. The van der Waals surface area contributed by atoms with E-state index in [1.54, 1.807) is 41.5 Å². The highest BCUT2D eigenvalue weighted by Gasteiger charge is 2.43. The third kappa shape index (κ3) is 11.3. The van der Waals surface area contributed by atoms with Crippen molar-refractivity contribution in [3.8, 4) is 0 Å². The number of carbonyl (C=O) groups excluding carboxylic acids is 6. The molecule has 44 heavy (non-hydrogen) atoms. The van der Waals surface area contributed by atoms with E-state index in [-0.39, 0.29) is 18.4 Å². The molecule has 5 N–H and O–H groups in total. The molecule has 1 aromatic rings. The van der Waals surface area contributed by atoms with Crippen molar-refractivity contribution >= 4 is 35.5 Å². The number of urea groups is 1. The molecular weight excluding hydrogens is 566 g/mol. The Morgan fingerprint density at radius 1 is 0.909 bits per heavy atom. The third-order valence-electron chi connectivity index (χ3n) is 7.53. The van der Waals surface area contributed by atoms with Gasteiger partial charge < -0.3 is 31.3 Å². The Bertz CT molecular complexity index is 1120. The van der Waals surface area contributed by atoms with Crippen LogP contribution >= 0.6 is 0 Å². The maximum absolute atomic E-state index is 13.7. The van der Waals surface area contributed by atoms with Crippen LogP contribution in [0.5, 0.6) is 0 Å². The molecule has 1 heterocycles. The van der Waals surface area contributed by atoms with E-state index in [0.29, 0.717) is 25.8 Å². The quantitative estimate of drug-likeness (QED) is 0.206. The lowest BCUT2D eigenvalue weighted by atomic mass is 9.85. The first kappa shape index (κ1) is 36.2. The monoisotopic (exact) mass is 615 g/mol. The Labute approximate surface area is 260 Å². The van der Waals surface area contributed by atoms with Crippen LogP contribution in [-0.2, 0) is 28.7 Å². The van der Waals surface area contributed by atoms with Crippen molar-refractivity contribution in [3.63, 3.8) is 0 Å². The number of carbonyl (C=O) groups is 6. The van der Waals surface area contributed by atoms with Crippen LogP contribution in [0.3, 0.4) is 0 Å². The van der Waals surface area contributed by atoms with Crippen LogP contribution in [-0.4, -0.2) is 77.7 Å². The van der Waals surface area contributed by atoms with Gasteiger partial charge in [0.05, 0.1) is 12.6 Å². The summed E-state index contributed by atoms with van der Waals surface area (Å²) in [5.41, 5.74) is 4.45. The number of nitrogens with two attached hydrogens (primary N) is 1. The molecule has 1 aliphatic heterocycles. The predicted octanol–water partition coefficient (Wildman–Crippen LogP) is 2.30. The van der Waals surface area contributed by atoms with E-state index in [0.717, 1.165) is 12.8 Å². The standard InChI is InChI=1S/C26H43N5O7.C6H6/c1-7-38-24(36)18(14(2)3)29-25(37)30-20(26(4,5)6)23(35)31-12-8-9-17(31)22(34)28-16(13-15-10-11-15)19(32)21(27)33;1-2-4-6-5-3-1/h14-18,20H,7-13H2,1-6H3,(H2,27,33)(H,28,34)(H2,29,30,37);1-6H/t16?,17-,18?,20?;/m0./s1. The van der Waals surface area contributed by atoms with Gasteiger partial charge in [0.15, 0.2) is 0 Å². The zero-order valence-corrected chi connectivity index (χ0v) is 26.8. The van der Waals surface area contributed by atoms with Crippen molar-refractivity contribution < 1.29 is 33.5 Å². The SMILES string of the molecule is CCOC(=O)C(NC(=O)NC(C(=O)N1CCC[C@H]1C(=O)NC(CC1CC1)C(=O)C(N)=O)C(C)(C)C)C(C)C.c1ccccc1. The molecule has 2 fully saturated rings. The number of hydrogen-bond donors (Lipinski definition) is 4. The molecule has 2 aliphatic rings. The highest BCUT2D eigenvalue weighted by molar-refractivity contribution is 6.37. The van der Waals surface area contributed by atoms with Crippen molar-refractivity contribution in [2.75, 3.05) is 13.2 Å². The van der Waals surface area contributed by atoms with E-state index < -0.39 is 65.1 Å². The average Bonchev–Trinajstić information content (AvgIpc) is 3.65. The zero-order chi connectivity index (χ0) is 33.0. The molecule has 244 valence electrons. The lowest BCUT2D eigenvalue weighted by Gasteiger charge is -2.36. The van der Waals surface area contributed by atoms with Gasteiger partial charge in [-0.05, 0) is 43.4 Å². The van der Waals surface area contributed by atoms with Gasteiger partial charge in [-0.25, -0.2) is 9.59 Å². The molecule has 1 aliphatic carbocycles. The number of nitrogens with one attached hydrogen (secondary N) is 3. The normalized spacial score (nSPS) is 18.2. The summed E-state index contributed by atoms with van der Waals surface area (Å²) in [4.78, 5) is 77.2. The fraction of sp³-hybridized carbons (Fsp3) is 0.625. The summed E-state index contributed by atoms with van der Waals surface area (Å²) in [5.74, 6) is -3.52. The Morgan fingerprint density at radius 3 is 1.93 bits per heavy atom. The number of primary amides is 1. The van der Waals surface area contributed by atoms with Crippen molar-refractivity contribution in [2.24, 2.45) is 23.0 Å². The Kier molecular flexibility index (Phi) is 13.8. The number of hydrogen-bond acceptors (Lipinski definition) is 7. The van der Waals surface area contributed by atoms with Crippen LogP contribution in [0, 0.1) is 17.3 Å². The van der Waals surface area contributed by atoms with E-state index in [9.17, 15) is 28.8 Å². The molecule has 3 unspecified atom stereocenters. The molecule has 1 saturated heterocycles. The number of rotatable bonds is 12. The Balaban J connectivity index is 0.000000999. The van der Waals surface area contributed by atoms with E-state index in [4.69, 9.17) is 10.5 Å². The molecule has 5 amide bonds. The molecule has 1 aromatic carbocycles. The number of ether oxygens (including phenoxy) is 1. The number of amides is 5. The molecule has 3 rings (SSSR count). The molecule has 12 heteroatoms. The first-order valence-corrected chi connectivity index (χ1v) is 15.4. The largest absolute Gasteiger partial charge is 0.464 e. The summed E-state index contributed by atoms with van der Waals surface area (Å²) in [6, 6.07) is 7.50. The summed E-state index contributed by atoms with van der Waals surface area (Å²) < 4.78 is 5.04. The van der Waals surface area contributed by atoms with Crippen LogP contribution in [0.4, 0.5) is 4.79 Å². The number of esters is 1. The first-order valence-electron chi connectivity index (χ1n) is 15.4. The maximum Gasteiger partial charge on any atom is 0.328 e. The number of likely N-dealkylation sites (tertiary alicyclic amines) is 1. The summed E-state index contributed by atoms with van der Waals surface area (Å²) in [6.07, 6.45) is 3.10. The molecule has 0 radical (unpaired) electrons. The molecule has 12 nitrogen and oxygen atoms in total. The van der Waals surface area contributed by atoms with Crippen LogP contribution in [0.15, 0.2) is 36.4 Å². The van der Waals surface area contributed by atoms with Gasteiger partial charge in [-0.1, -0.05) is 83.9 Å². The van der Waals surface area contributed by atoms with Crippen LogP contribution in [0.25, 0.3) is 0 Å². The summed E-state index contributed by atoms with van der Waals surface area (Å²) in [5, 5.41) is 7.93. The highest BCUT2D eigenvalue weighted by Crippen LogP contribution is 2.34. The van der Waals surface area contributed by atoms with Crippen molar-refractivity contribution in [3.05, 3.63) is 36.4 Å². The van der Waals surface area contributed by atoms with Gasteiger partial charge in [0.2, 0.25) is 17.6 Å². The van der Waals surface area contributed by atoms with Gasteiger partial charge in [0.1, 0.15) is 18.1 Å². The molecule has 0 bridgehead atoms. The maximum atomic E-state index is 13.7. The fourth-order valence-corrected chi connectivity index (χ4v) is 4.90. The minimum atomic E-state index is -1.11. The van der Waals surface area contributed by atoms with Gasteiger partial charge in [0, 0.05) is 6.54 Å². The lowest BCUT2D eigenvalue weighted by Crippen LogP contribution is -2.61. The van der Waals surface area contributed by atoms with Gasteiger partial charge in [-0.2, -0.15) is 0 Å². The average molecular weight is 616 g/mol. The molecule has 4 atom stereocenters. The van der Waals surface area contributed by atoms with Crippen LogP contribution in [0.1, 0.15) is 73.6 Å². The Hall–Kier alpha value is -3.96. The summed E-state index contributed by atoms with van der Waals surface area (Å²) >= 11 is 0. The minimum Gasteiger partial charge on any atom is -0.464 e. The summed E-state index contributed by atoms with van der Waals surface area (Å²) in [7, 11) is 0. The first-order chi connectivity index (χ1) is 20.7. The second-order valence-electron chi connectivity index (χ2n) is 12.7. The van der Waals surface area contributed by atoms with Gasteiger partial charge >= 0.3 is 12.0 Å². The van der Waals surface area contributed by atoms with Crippen LogP contribution < -0.4 is 21.7 Å². The number of Topliss-reactive ketones (excluding diaryl/α,β-unsaturated/α-hetero) is 1. The number of nitrogens with zero attached hydrogens (tertiary/aromatic N) is 1. The summed E-state index contributed by atoms with van der Waals surface area (Å²) in [6.45, 7) is 11.0. The predicted molar refractivity (Wildman–Crippen MR) is 165 cm³/mol. The molecule has 0 spiro atoms. The van der Waals surface area contributed by atoms with E-state index in [1.807, 2.05) is 36.4 Å². The van der Waals surface area contributed by atoms with Crippen molar-refractivity contribution in [2.45, 2.75) is 97.8 Å². The topological polar surface area (TPSA) is 177 Å². The number of benzene rings is 1. The van der Waals surface area contributed by atoms with Gasteiger partial charge in [-0.3, -0.25) is 19.2 Å². The molecule has 1 saturated carbocycles. The van der Waals surface area contributed by atoms with E-state index in [2.05, 4.69) is 16.0 Å². The van der Waals surface area contributed by atoms with Gasteiger partial charge in [0.25, 0.3) is 5.91 Å². The fourth-order valence-electron chi connectivity index (χ4n) is 4.90. The van der Waals surface area contributed by atoms with Crippen molar-refractivity contribution in [1.29, 1.82) is 0 Å². The number of ketones is 1. The third-order valence-corrected chi connectivity index (χ3v) is 7.53. The van der Waals surface area contributed by atoms with E-state index in [1.165, 1.54) is 4.90 Å². The van der Waals surface area contributed by atoms with Crippen molar-refractivity contribution in [1.82, 2.24) is 20.9 Å². The van der Waals surface area contributed by atoms with Gasteiger partial charge in [-0.15, -0.1) is 0 Å². The second kappa shape index (κ2) is 16.8. The molecule has 0 aromatic heterocycles. The van der Waals surface area contributed by atoms with Crippen LogP contribution in [0.2, 0.25) is 0 Å². The minimum absolute atomic E-state index is 0.166. The highest BCUT2D eigenvalue weighted by atomic mass is 16.5. The smallest absolute Gasteiger partial charge is 0.328 e. The lowest BCUT2D eigenvalue weighted by molar-refractivity contribution is -0.146. The Morgan fingerprint density at radius 2 is 1.48 bits per heavy atom. The molecular formula is C32H49N5O7. The van der Waals surface area contributed by atoms with E-state index >= 15 is 0 Å².